The van der Waals surface area contributed by atoms with E-state index in [1.54, 1.807) is 4.90 Å². The molecule has 0 bridgehead atoms. The zero-order chi connectivity index (χ0) is 14.0. The van der Waals surface area contributed by atoms with E-state index in [0.29, 0.717) is 25.1 Å². The Morgan fingerprint density at radius 2 is 2.42 bits per heavy atom. The molecule has 0 saturated carbocycles. The molecule has 0 aliphatic carbocycles. The molecule has 1 aromatic rings. The molecule has 1 fully saturated rings. The first-order valence-electron chi connectivity index (χ1n) is 6.04. The van der Waals surface area contributed by atoms with Crippen molar-refractivity contribution in [2.45, 2.75) is 19.4 Å². The van der Waals surface area contributed by atoms with Gasteiger partial charge in [0.1, 0.15) is 11.9 Å². The maximum absolute atomic E-state index is 12.4. The topological polar surface area (TPSA) is 88.3 Å². The fourth-order valence-corrected chi connectivity index (χ4v) is 2.26. The van der Waals surface area contributed by atoms with Crippen LogP contribution < -0.4 is 11.1 Å². The van der Waals surface area contributed by atoms with Crippen LogP contribution in [0.25, 0.3) is 0 Å². The van der Waals surface area contributed by atoms with Crippen LogP contribution in [-0.2, 0) is 4.79 Å². The minimum absolute atomic E-state index is 0.128. The van der Waals surface area contributed by atoms with Crippen molar-refractivity contribution in [2.75, 3.05) is 18.8 Å². The molecule has 3 N–H and O–H groups in total. The Hall–Kier alpha value is -1.82. The van der Waals surface area contributed by atoms with E-state index in [2.05, 4.69) is 10.3 Å². The zero-order valence-corrected chi connectivity index (χ0v) is 11.3. The highest BCUT2D eigenvalue weighted by molar-refractivity contribution is 6.33. The number of piperazine rings is 1. The Morgan fingerprint density at radius 1 is 1.68 bits per heavy atom. The lowest BCUT2D eigenvalue weighted by molar-refractivity contribution is -0.127. The van der Waals surface area contributed by atoms with Crippen molar-refractivity contribution in [2.24, 2.45) is 0 Å². The smallest absolute Gasteiger partial charge is 0.256 e. The molecule has 1 aliphatic rings. The van der Waals surface area contributed by atoms with Gasteiger partial charge in [0.15, 0.2) is 0 Å². The van der Waals surface area contributed by atoms with Gasteiger partial charge in [0.25, 0.3) is 5.91 Å². The number of carbonyl (C=O) groups is 2. The third-order valence-electron chi connectivity index (χ3n) is 3.09. The lowest BCUT2D eigenvalue weighted by atomic mass is 10.1. The number of nitrogens with zero attached hydrogens (tertiary/aromatic N) is 2. The minimum atomic E-state index is -0.447. The largest absolute Gasteiger partial charge is 0.382 e. The summed E-state index contributed by atoms with van der Waals surface area (Å²) in [6, 6.07) is 1.03. The molecule has 1 unspecified atom stereocenters. The number of rotatable bonds is 2. The van der Waals surface area contributed by atoms with Gasteiger partial charge in [-0.15, -0.1) is 0 Å². The Kier molecular flexibility index (Phi) is 3.90. The highest BCUT2D eigenvalue weighted by atomic mass is 35.5. The van der Waals surface area contributed by atoms with Crippen LogP contribution in [0, 0.1) is 0 Å². The molecule has 0 radical (unpaired) electrons. The van der Waals surface area contributed by atoms with E-state index in [4.69, 9.17) is 17.3 Å². The fraction of sp³-hybridized carbons (Fsp3) is 0.417. The summed E-state index contributed by atoms with van der Waals surface area (Å²) in [6.45, 7) is 2.80. The van der Waals surface area contributed by atoms with Gasteiger partial charge >= 0.3 is 0 Å². The number of nitrogens with two attached hydrogens (primary N) is 1. The highest BCUT2D eigenvalue weighted by Gasteiger charge is 2.32. The monoisotopic (exact) mass is 282 g/mol. The second-order valence-electron chi connectivity index (χ2n) is 4.30. The lowest BCUT2D eigenvalue weighted by Crippen LogP contribution is -2.56. The van der Waals surface area contributed by atoms with Crippen LogP contribution >= 0.6 is 11.6 Å². The summed E-state index contributed by atoms with van der Waals surface area (Å²) in [5.41, 5.74) is 5.85. The molecule has 7 heteroatoms. The number of hydrogen-bond donors (Lipinski definition) is 2. The molecule has 2 heterocycles. The first-order valence-corrected chi connectivity index (χ1v) is 6.42. The third kappa shape index (κ3) is 2.63. The van der Waals surface area contributed by atoms with Crippen LogP contribution in [0.2, 0.25) is 5.02 Å². The van der Waals surface area contributed by atoms with Crippen LogP contribution in [0.15, 0.2) is 12.3 Å². The summed E-state index contributed by atoms with van der Waals surface area (Å²) < 4.78 is 0. The first-order chi connectivity index (χ1) is 9.04. The van der Waals surface area contributed by atoms with Gasteiger partial charge in [-0.1, -0.05) is 18.5 Å². The van der Waals surface area contributed by atoms with E-state index in [-0.39, 0.29) is 22.7 Å². The van der Waals surface area contributed by atoms with Gasteiger partial charge in [0.05, 0.1) is 10.6 Å². The highest BCUT2D eigenvalue weighted by Crippen LogP contribution is 2.19. The van der Waals surface area contributed by atoms with Crippen molar-refractivity contribution in [1.82, 2.24) is 15.2 Å². The van der Waals surface area contributed by atoms with E-state index in [1.165, 1.54) is 12.3 Å². The molecule has 0 aromatic carbocycles. The number of carbonyl (C=O) groups excluding carboxylic acids is 2. The van der Waals surface area contributed by atoms with Gasteiger partial charge in [-0.3, -0.25) is 9.59 Å². The molecule has 1 saturated heterocycles. The number of pyridine rings is 1. The standard InChI is InChI=1S/C12H15ClN4O2/c1-2-9-11(18)15-3-4-17(9)12(19)7-5-8(13)10(14)16-6-7/h5-6,9H,2-4H2,1H3,(H2,14,16)(H,15,18). The molecule has 0 spiro atoms. The van der Waals surface area contributed by atoms with Crippen LogP contribution in [-0.4, -0.2) is 40.8 Å². The predicted octanol–water partition coefficient (Wildman–Crippen LogP) is 0.668. The van der Waals surface area contributed by atoms with Crippen LogP contribution in [0.5, 0.6) is 0 Å². The number of aromatic nitrogens is 1. The summed E-state index contributed by atoms with van der Waals surface area (Å²) in [6.07, 6.45) is 1.94. The summed E-state index contributed by atoms with van der Waals surface area (Å²) in [5, 5.41) is 2.98. The molecular formula is C12H15ClN4O2. The average Bonchev–Trinajstić information content (AvgIpc) is 2.40. The van der Waals surface area contributed by atoms with Crippen LogP contribution in [0.3, 0.4) is 0 Å². The second kappa shape index (κ2) is 5.44. The van der Waals surface area contributed by atoms with Gasteiger partial charge in [0.2, 0.25) is 5.91 Å². The maximum atomic E-state index is 12.4. The Labute approximate surface area is 115 Å². The Bertz CT molecular complexity index is 520. The molecule has 1 aromatic heterocycles. The quantitative estimate of drug-likeness (QED) is 0.834. The van der Waals surface area contributed by atoms with Crippen molar-refractivity contribution in [1.29, 1.82) is 0 Å². The van der Waals surface area contributed by atoms with E-state index in [0.717, 1.165) is 0 Å². The number of hydrogen-bond acceptors (Lipinski definition) is 4. The number of nitrogens with one attached hydrogen (secondary N) is 1. The normalized spacial score (nSPS) is 19.2. The zero-order valence-electron chi connectivity index (χ0n) is 10.5. The predicted molar refractivity (Wildman–Crippen MR) is 71.8 cm³/mol. The van der Waals surface area contributed by atoms with Crippen molar-refractivity contribution in [3.8, 4) is 0 Å². The number of amides is 2. The second-order valence-corrected chi connectivity index (χ2v) is 4.71. The maximum Gasteiger partial charge on any atom is 0.256 e. The summed E-state index contributed by atoms with van der Waals surface area (Å²) in [5.74, 6) is -0.200. The summed E-state index contributed by atoms with van der Waals surface area (Å²) in [7, 11) is 0. The SMILES string of the molecule is CCC1C(=O)NCCN1C(=O)c1cnc(N)c(Cl)c1. The van der Waals surface area contributed by atoms with E-state index >= 15 is 0 Å². The molecule has 1 atom stereocenters. The summed E-state index contributed by atoms with van der Waals surface area (Å²) >= 11 is 5.86. The molecular weight excluding hydrogens is 268 g/mol. The minimum Gasteiger partial charge on any atom is -0.382 e. The van der Waals surface area contributed by atoms with Gasteiger partial charge in [-0.25, -0.2) is 4.98 Å². The number of halogens is 1. The van der Waals surface area contributed by atoms with Gasteiger partial charge < -0.3 is 16.0 Å². The number of anilines is 1. The van der Waals surface area contributed by atoms with Crippen molar-refractivity contribution in [3.63, 3.8) is 0 Å². The van der Waals surface area contributed by atoms with Gasteiger partial charge in [0, 0.05) is 19.3 Å². The van der Waals surface area contributed by atoms with Crippen molar-refractivity contribution >= 4 is 29.2 Å². The van der Waals surface area contributed by atoms with E-state index < -0.39 is 6.04 Å². The van der Waals surface area contributed by atoms with Gasteiger partial charge in [-0.05, 0) is 12.5 Å². The Morgan fingerprint density at radius 3 is 3.05 bits per heavy atom. The molecule has 19 heavy (non-hydrogen) atoms. The molecule has 1 aliphatic heterocycles. The molecule has 2 amide bonds. The fourth-order valence-electron chi connectivity index (χ4n) is 2.09. The van der Waals surface area contributed by atoms with Gasteiger partial charge in [-0.2, -0.15) is 0 Å². The lowest BCUT2D eigenvalue weighted by Gasteiger charge is -2.34. The van der Waals surface area contributed by atoms with Crippen LogP contribution in [0.1, 0.15) is 23.7 Å². The number of nitrogen functional groups attached to an aromatic ring is 1. The molecule has 6 nitrogen and oxygen atoms in total. The van der Waals surface area contributed by atoms with E-state index in [1.807, 2.05) is 6.92 Å². The van der Waals surface area contributed by atoms with Crippen LogP contribution in [0.4, 0.5) is 5.82 Å². The van der Waals surface area contributed by atoms with E-state index in [9.17, 15) is 9.59 Å². The Balaban J connectivity index is 2.26. The summed E-state index contributed by atoms with van der Waals surface area (Å²) in [4.78, 5) is 29.5. The first kappa shape index (κ1) is 13.6. The van der Waals surface area contributed by atoms with Crippen molar-refractivity contribution in [3.05, 3.63) is 22.8 Å². The molecule has 102 valence electrons. The average molecular weight is 283 g/mol. The van der Waals surface area contributed by atoms with Crippen molar-refractivity contribution < 1.29 is 9.59 Å². The third-order valence-corrected chi connectivity index (χ3v) is 3.40. The molecule has 2 rings (SSSR count).